The number of allylic oxidation sites excluding steroid dienone is 1. The fourth-order valence-corrected chi connectivity index (χ4v) is 1.65. The molecule has 0 heterocycles. The number of nitrogens with zero attached hydrogens (tertiary/aromatic N) is 2. The molecule has 1 aliphatic carbocycles. The first kappa shape index (κ1) is 10.5. The second-order valence-corrected chi connectivity index (χ2v) is 4.21. The molecule has 0 amide bonds. The van der Waals surface area contributed by atoms with Crippen molar-refractivity contribution >= 4 is 0 Å². The summed E-state index contributed by atoms with van der Waals surface area (Å²) in [6.45, 7) is 2.16. The van der Waals surface area contributed by atoms with Crippen LogP contribution in [0, 0.1) is 0 Å². The van der Waals surface area contributed by atoms with Crippen LogP contribution in [0.25, 0.3) is 0 Å². The van der Waals surface area contributed by atoms with E-state index in [1.54, 1.807) is 5.57 Å². The van der Waals surface area contributed by atoms with Crippen LogP contribution in [0.2, 0.25) is 0 Å². The van der Waals surface area contributed by atoms with E-state index in [0.717, 1.165) is 19.5 Å². The van der Waals surface area contributed by atoms with Gasteiger partial charge in [-0.15, -0.1) is 0 Å². The molecule has 74 valence electrons. The van der Waals surface area contributed by atoms with Gasteiger partial charge < -0.3 is 9.80 Å². The van der Waals surface area contributed by atoms with E-state index in [2.05, 4.69) is 50.1 Å². The zero-order chi connectivity index (χ0) is 9.84. The van der Waals surface area contributed by atoms with Crippen molar-refractivity contribution in [2.45, 2.75) is 6.42 Å². The molecule has 0 aromatic rings. The average Bonchev–Trinajstić information content (AvgIpc) is 2.34. The Kier molecular flexibility index (Phi) is 3.70. The zero-order valence-corrected chi connectivity index (χ0v) is 9.17. The van der Waals surface area contributed by atoms with Crippen LogP contribution in [0.1, 0.15) is 6.42 Å². The van der Waals surface area contributed by atoms with Crippen molar-refractivity contribution in [3.8, 4) is 0 Å². The van der Waals surface area contributed by atoms with Crippen LogP contribution in [-0.4, -0.2) is 51.1 Å². The third kappa shape index (κ3) is 3.33. The van der Waals surface area contributed by atoms with Gasteiger partial charge in [0.25, 0.3) is 0 Å². The van der Waals surface area contributed by atoms with E-state index in [0.29, 0.717) is 0 Å². The molecular formula is C11H20N2. The number of rotatable bonds is 4. The zero-order valence-electron chi connectivity index (χ0n) is 9.17. The minimum atomic E-state index is 1.07. The Hall–Kier alpha value is -0.600. The fraction of sp³-hybridized carbons (Fsp3) is 0.636. The van der Waals surface area contributed by atoms with E-state index < -0.39 is 0 Å². The Morgan fingerprint density at radius 1 is 1.08 bits per heavy atom. The summed E-state index contributed by atoms with van der Waals surface area (Å²) in [4.78, 5) is 4.46. The molecule has 0 unspecified atom stereocenters. The summed E-state index contributed by atoms with van der Waals surface area (Å²) < 4.78 is 0. The highest BCUT2D eigenvalue weighted by molar-refractivity contribution is 5.35. The average molecular weight is 180 g/mol. The normalized spacial score (nSPS) is 16.8. The summed E-state index contributed by atoms with van der Waals surface area (Å²) in [5.41, 5.74) is 3.07. The van der Waals surface area contributed by atoms with Crippen molar-refractivity contribution in [1.82, 2.24) is 9.80 Å². The SMILES string of the molecule is CN(C)CC1=C(CN(C)C)CC=C1. The highest BCUT2D eigenvalue weighted by Gasteiger charge is 2.10. The second-order valence-electron chi connectivity index (χ2n) is 4.21. The molecule has 13 heavy (non-hydrogen) atoms. The lowest BCUT2D eigenvalue weighted by Crippen LogP contribution is -2.19. The molecule has 1 rings (SSSR count). The maximum Gasteiger partial charge on any atom is 0.0227 e. The van der Waals surface area contributed by atoms with Gasteiger partial charge in [0, 0.05) is 13.1 Å². The van der Waals surface area contributed by atoms with Crippen LogP contribution in [-0.2, 0) is 0 Å². The smallest absolute Gasteiger partial charge is 0.0227 e. The summed E-state index contributed by atoms with van der Waals surface area (Å²) in [6.07, 6.45) is 5.66. The van der Waals surface area contributed by atoms with E-state index in [9.17, 15) is 0 Å². The molecule has 0 aliphatic heterocycles. The van der Waals surface area contributed by atoms with Crippen LogP contribution in [0.15, 0.2) is 23.3 Å². The van der Waals surface area contributed by atoms with Crippen molar-refractivity contribution < 1.29 is 0 Å². The Balaban J connectivity index is 2.59. The minimum absolute atomic E-state index is 1.07. The predicted octanol–water partition coefficient (Wildman–Crippen LogP) is 1.37. The van der Waals surface area contributed by atoms with E-state index in [-0.39, 0.29) is 0 Å². The van der Waals surface area contributed by atoms with E-state index >= 15 is 0 Å². The second kappa shape index (κ2) is 4.58. The standard InChI is InChI=1S/C11H20N2/c1-12(2)8-10-6-5-7-11(10)9-13(3)4/h5-6H,7-9H2,1-4H3. The molecule has 2 heteroatoms. The summed E-state index contributed by atoms with van der Waals surface area (Å²) in [6, 6.07) is 0. The van der Waals surface area contributed by atoms with Crippen molar-refractivity contribution in [3.63, 3.8) is 0 Å². The lowest BCUT2D eigenvalue weighted by atomic mass is 10.1. The molecule has 0 saturated carbocycles. The van der Waals surface area contributed by atoms with Gasteiger partial charge in [-0.1, -0.05) is 12.2 Å². The number of hydrogen-bond donors (Lipinski definition) is 0. The first-order chi connectivity index (χ1) is 6.09. The van der Waals surface area contributed by atoms with E-state index in [4.69, 9.17) is 0 Å². The van der Waals surface area contributed by atoms with Crippen LogP contribution >= 0.6 is 0 Å². The lowest BCUT2D eigenvalue weighted by Gasteiger charge is -2.15. The molecule has 0 bridgehead atoms. The van der Waals surface area contributed by atoms with Crippen LogP contribution in [0.4, 0.5) is 0 Å². The van der Waals surface area contributed by atoms with Gasteiger partial charge in [-0.25, -0.2) is 0 Å². The topological polar surface area (TPSA) is 6.48 Å². The minimum Gasteiger partial charge on any atom is -0.305 e. The maximum atomic E-state index is 2.26. The maximum absolute atomic E-state index is 2.26. The van der Waals surface area contributed by atoms with Crippen LogP contribution in [0.5, 0.6) is 0 Å². The Morgan fingerprint density at radius 3 is 2.23 bits per heavy atom. The van der Waals surface area contributed by atoms with Crippen molar-refractivity contribution in [2.24, 2.45) is 0 Å². The Morgan fingerprint density at radius 2 is 1.69 bits per heavy atom. The number of hydrogen-bond acceptors (Lipinski definition) is 2. The predicted molar refractivity (Wildman–Crippen MR) is 57.9 cm³/mol. The van der Waals surface area contributed by atoms with Crippen molar-refractivity contribution in [2.75, 3.05) is 41.3 Å². The first-order valence-corrected chi connectivity index (χ1v) is 4.76. The molecular weight excluding hydrogens is 160 g/mol. The van der Waals surface area contributed by atoms with E-state index in [1.165, 1.54) is 5.57 Å². The van der Waals surface area contributed by atoms with Crippen molar-refractivity contribution in [1.29, 1.82) is 0 Å². The quantitative estimate of drug-likeness (QED) is 0.644. The van der Waals surface area contributed by atoms with Crippen LogP contribution in [0.3, 0.4) is 0 Å². The Labute approximate surface area is 81.5 Å². The van der Waals surface area contributed by atoms with Crippen molar-refractivity contribution in [3.05, 3.63) is 23.3 Å². The first-order valence-electron chi connectivity index (χ1n) is 4.76. The molecule has 0 fully saturated rings. The molecule has 1 aliphatic rings. The third-order valence-electron chi connectivity index (χ3n) is 2.13. The number of likely N-dealkylation sites (N-methyl/N-ethyl adjacent to an activating group) is 2. The molecule has 0 N–H and O–H groups in total. The highest BCUT2D eigenvalue weighted by Crippen LogP contribution is 2.19. The summed E-state index contributed by atoms with van der Waals surface area (Å²) >= 11 is 0. The van der Waals surface area contributed by atoms with Gasteiger partial charge in [0.2, 0.25) is 0 Å². The summed E-state index contributed by atoms with van der Waals surface area (Å²) in [7, 11) is 8.48. The molecule has 0 radical (unpaired) electrons. The molecule has 0 saturated heterocycles. The van der Waals surface area contributed by atoms with Gasteiger partial charge in [0.05, 0.1) is 0 Å². The molecule has 0 aromatic heterocycles. The summed E-state index contributed by atoms with van der Waals surface area (Å²) in [5.74, 6) is 0. The van der Waals surface area contributed by atoms with Gasteiger partial charge in [0.15, 0.2) is 0 Å². The van der Waals surface area contributed by atoms with E-state index in [1.807, 2.05) is 0 Å². The van der Waals surface area contributed by atoms with Gasteiger partial charge in [-0.05, 0) is 45.8 Å². The molecule has 0 aromatic carbocycles. The molecule has 0 spiro atoms. The van der Waals surface area contributed by atoms with Gasteiger partial charge in [-0.2, -0.15) is 0 Å². The lowest BCUT2D eigenvalue weighted by molar-refractivity contribution is 0.428. The summed E-state index contributed by atoms with van der Waals surface area (Å²) in [5, 5.41) is 0. The monoisotopic (exact) mass is 180 g/mol. The molecule has 0 atom stereocenters. The fourth-order valence-electron chi connectivity index (χ4n) is 1.65. The largest absolute Gasteiger partial charge is 0.305 e. The third-order valence-corrected chi connectivity index (χ3v) is 2.13. The molecule has 2 nitrogen and oxygen atoms in total. The van der Waals surface area contributed by atoms with Gasteiger partial charge in [0.1, 0.15) is 0 Å². The Bertz CT molecular complexity index is 224. The van der Waals surface area contributed by atoms with Gasteiger partial charge in [-0.3, -0.25) is 0 Å². The van der Waals surface area contributed by atoms with Crippen LogP contribution < -0.4 is 0 Å². The van der Waals surface area contributed by atoms with Gasteiger partial charge >= 0.3 is 0 Å². The highest BCUT2D eigenvalue weighted by atomic mass is 15.1.